The number of aromatic nitrogens is 1. The monoisotopic (exact) mass is 530 g/mol. The molecule has 0 aliphatic rings. The van der Waals surface area contributed by atoms with Crippen molar-refractivity contribution in [3.05, 3.63) is 34.4 Å². The van der Waals surface area contributed by atoms with E-state index >= 15 is 0 Å². The van der Waals surface area contributed by atoms with E-state index in [-0.39, 0.29) is 25.4 Å². The van der Waals surface area contributed by atoms with Gasteiger partial charge in [0.15, 0.2) is 0 Å². The number of hydrogen-bond donors (Lipinski definition) is 0. The Bertz CT molecular complexity index is 1100. The van der Waals surface area contributed by atoms with Gasteiger partial charge >= 0.3 is 16.3 Å². The zero-order valence-corrected chi connectivity index (χ0v) is 21.9. The molecule has 1 aromatic carbocycles. The zero-order valence-electron chi connectivity index (χ0n) is 19.5. The van der Waals surface area contributed by atoms with Gasteiger partial charge in [-0.05, 0) is 44.9 Å². The number of nitrogens with zero attached hydrogens (tertiary/aromatic N) is 4. The number of halogens is 1. The number of likely N-dealkylation sites (N-methyl/N-ethyl adjacent to an activating group) is 1. The van der Waals surface area contributed by atoms with Crippen LogP contribution in [-0.4, -0.2) is 78.8 Å². The van der Waals surface area contributed by atoms with Gasteiger partial charge in [0.25, 0.3) is 0 Å². The first-order valence-electron chi connectivity index (χ1n) is 10.0. The van der Waals surface area contributed by atoms with Gasteiger partial charge in [-0.3, -0.25) is 4.79 Å². The third-order valence-corrected chi connectivity index (χ3v) is 6.96. The molecule has 0 N–H and O–H groups in total. The predicted octanol–water partition coefficient (Wildman–Crippen LogP) is 3.08. The average Bonchev–Trinajstić information content (AvgIpc) is 2.96. The summed E-state index contributed by atoms with van der Waals surface area (Å²) in [6, 6.07) is 5.69. The smallest absolute Gasteiger partial charge is 0.425 e. The summed E-state index contributed by atoms with van der Waals surface area (Å²) in [6.45, 7) is 5.08. The summed E-state index contributed by atoms with van der Waals surface area (Å²) < 4.78 is 35.3. The van der Waals surface area contributed by atoms with E-state index < -0.39 is 21.9 Å². The van der Waals surface area contributed by atoms with Crippen molar-refractivity contribution < 1.29 is 22.7 Å². The Morgan fingerprint density at radius 2 is 1.75 bits per heavy atom. The zero-order chi connectivity index (χ0) is 24.4. The van der Waals surface area contributed by atoms with Gasteiger partial charge in [0.2, 0.25) is 5.91 Å². The molecule has 0 unspecified atom stereocenters. The van der Waals surface area contributed by atoms with Crippen LogP contribution in [0, 0.1) is 0 Å². The fourth-order valence-corrected chi connectivity index (χ4v) is 4.28. The molecular formula is C21H31BrN4O5S. The van der Waals surface area contributed by atoms with Crippen LogP contribution in [0.1, 0.15) is 26.3 Å². The Morgan fingerprint density at radius 1 is 1.12 bits per heavy atom. The van der Waals surface area contributed by atoms with E-state index in [1.807, 2.05) is 29.0 Å². The molecule has 0 atom stereocenters. The molecule has 0 radical (unpaired) electrons. The Labute approximate surface area is 198 Å². The Kier molecular flexibility index (Phi) is 8.01. The topological polar surface area (TPSA) is 92.2 Å². The van der Waals surface area contributed by atoms with Gasteiger partial charge in [0, 0.05) is 56.3 Å². The quantitative estimate of drug-likeness (QED) is 0.548. The third-order valence-electron chi connectivity index (χ3n) is 4.65. The highest BCUT2D eigenvalue weighted by Gasteiger charge is 2.33. The fraction of sp³-hybridized carbons (Fsp3) is 0.524. The van der Waals surface area contributed by atoms with Crippen LogP contribution < -0.4 is 0 Å². The van der Waals surface area contributed by atoms with Crippen LogP contribution in [0.3, 0.4) is 0 Å². The molecule has 0 aliphatic heterocycles. The molecule has 2 rings (SSSR count). The highest BCUT2D eigenvalue weighted by Crippen LogP contribution is 2.26. The lowest BCUT2D eigenvalue weighted by Crippen LogP contribution is -2.46. The molecular weight excluding hydrogens is 500 g/mol. The largest absolute Gasteiger partial charge is 0.443 e. The van der Waals surface area contributed by atoms with Crippen molar-refractivity contribution in [3.8, 4) is 0 Å². The van der Waals surface area contributed by atoms with E-state index in [1.54, 1.807) is 34.9 Å². The normalized spacial score (nSPS) is 12.3. The molecule has 2 aromatic rings. The molecule has 0 aliphatic carbocycles. The fourth-order valence-electron chi connectivity index (χ4n) is 2.99. The second-order valence-corrected chi connectivity index (χ2v) is 11.8. The maximum atomic E-state index is 12.8. The standard InChI is InChI=1S/C21H31BrN4O5S/c1-21(2,3)31-20(28)26(32(29,30)24(6)7)11-10-15-13-25(14-19(27)23(4)5)18-12-16(22)8-9-17(15)18/h8-9,12-13H,10-11,14H2,1-7H3. The van der Waals surface area contributed by atoms with Crippen molar-refractivity contribution in [2.24, 2.45) is 0 Å². The molecule has 9 nitrogen and oxygen atoms in total. The van der Waals surface area contributed by atoms with Gasteiger partial charge in [-0.1, -0.05) is 22.0 Å². The predicted molar refractivity (Wildman–Crippen MR) is 128 cm³/mol. The minimum Gasteiger partial charge on any atom is -0.443 e. The lowest BCUT2D eigenvalue weighted by Gasteiger charge is -2.28. The Morgan fingerprint density at radius 3 is 2.28 bits per heavy atom. The minimum atomic E-state index is -4.05. The number of benzene rings is 1. The van der Waals surface area contributed by atoms with Gasteiger partial charge in [-0.15, -0.1) is 0 Å². The molecule has 2 amide bonds. The lowest BCUT2D eigenvalue weighted by molar-refractivity contribution is -0.129. The van der Waals surface area contributed by atoms with Crippen molar-refractivity contribution in [2.75, 3.05) is 34.7 Å². The maximum absolute atomic E-state index is 12.8. The second kappa shape index (κ2) is 9.80. The maximum Gasteiger partial charge on any atom is 0.425 e. The van der Waals surface area contributed by atoms with Crippen LogP contribution in [0.15, 0.2) is 28.9 Å². The van der Waals surface area contributed by atoms with Crippen LogP contribution in [0.2, 0.25) is 0 Å². The molecule has 32 heavy (non-hydrogen) atoms. The van der Waals surface area contributed by atoms with E-state index in [0.717, 1.165) is 29.5 Å². The first-order chi connectivity index (χ1) is 14.6. The number of ether oxygens (including phenoxy) is 1. The molecule has 0 saturated carbocycles. The number of fused-ring (bicyclic) bond motifs is 1. The second-order valence-electron chi connectivity index (χ2n) is 8.82. The minimum absolute atomic E-state index is 0.0704. The highest BCUT2D eigenvalue weighted by atomic mass is 79.9. The first kappa shape index (κ1) is 26.1. The average molecular weight is 531 g/mol. The summed E-state index contributed by atoms with van der Waals surface area (Å²) in [5.41, 5.74) is 0.817. The number of hydrogen-bond acceptors (Lipinski definition) is 5. The van der Waals surface area contributed by atoms with Crippen molar-refractivity contribution >= 4 is 49.0 Å². The number of carbonyl (C=O) groups is 2. The van der Waals surface area contributed by atoms with E-state index in [4.69, 9.17) is 4.74 Å². The van der Waals surface area contributed by atoms with Gasteiger partial charge in [-0.25, -0.2) is 4.79 Å². The molecule has 1 heterocycles. The summed E-state index contributed by atoms with van der Waals surface area (Å²) >= 11 is 3.46. The molecule has 0 fully saturated rings. The summed E-state index contributed by atoms with van der Waals surface area (Å²) in [5, 5.41) is 0.881. The van der Waals surface area contributed by atoms with Gasteiger partial charge in [0.05, 0.1) is 0 Å². The SMILES string of the molecule is CN(C)C(=O)Cn1cc(CCN(C(=O)OC(C)(C)C)S(=O)(=O)N(C)C)c2ccc(Br)cc21. The van der Waals surface area contributed by atoms with Crippen LogP contribution in [0.5, 0.6) is 0 Å². The van der Waals surface area contributed by atoms with Crippen LogP contribution in [0.25, 0.3) is 10.9 Å². The van der Waals surface area contributed by atoms with Gasteiger partial charge in [-0.2, -0.15) is 17.0 Å². The molecule has 1 aromatic heterocycles. The van der Waals surface area contributed by atoms with Crippen molar-refractivity contribution in [3.63, 3.8) is 0 Å². The molecule has 178 valence electrons. The van der Waals surface area contributed by atoms with E-state index in [1.165, 1.54) is 19.0 Å². The van der Waals surface area contributed by atoms with Crippen molar-refractivity contribution in [2.45, 2.75) is 39.3 Å². The van der Waals surface area contributed by atoms with Crippen LogP contribution in [-0.2, 0) is 32.7 Å². The Balaban J connectivity index is 2.41. The van der Waals surface area contributed by atoms with Crippen molar-refractivity contribution in [1.29, 1.82) is 0 Å². The first-order valence-corrected chi connectivity index (χ1v) is 12.2. The molecule has 0 spiro atoms. The molecule has 0 saturated heterocycles. The number of rotatable bonds is 7. The lowest BCUT2D eigenvalue weighted by atomic mass is 10.1. The number of carbonyl (C=O) groups excluding carboxylic acids is 2. The van der Waals surface area contributed by atoms with Crippen LogP contribution >= 0.6 is 15.9 Å². The third kappa shape index (κ3) is 6.23. The molecule has 0 bridgehead atoms. The van der Waals surface area contributed by atoms with E-state index in [9.17, 15) is 18.0 Å². The highest BCUT2D eigenvalue weighted by molar-refractivity contribution is 9.10. The summed E-state index contributed by atoms with van der Waals surface area (Å²) in [4.78, 5) is 26.5. The Hall–Kier alpha value is -2.11. The van der Waals surface area contributed by atoms with Gasteiger partial charge < -0.3 is 14.2 Å². The summed E-state index contributed by atoms with van der Waals surface area (Å²) in [5.74, 6) is -0.0704. The van der Waals surface area contributed by atoms with E-state index in [0.29, 0.717) is 0 Å². The van der Waals surface area contributed by atoms with Crippen molar-refractivity contribution in [1.82, 2.24) is 18.1 Å². The summed E-state index contributed by atoms with van der Waals surface area (Å²) in [6.07, 6.45) is 1.15. The molecule has 11 heteroatoms. The number of amides is 2. The van der Waals surface area contributed by atoms with E-state index in [2.05, 4.69) is 15.9 Å². The summed E-state index contributed by atoms with van der Waals surface area (Å²) in [7, 11) is 2.06. The van der Waals surface area contributed by atoms with Crippen LogP contribution in [0.4, 0.5) is 4.79 Å². The van der Waals surface area contributed by atoms with Gasteiger partial charge in [0.1, 0.15) is 12.1 Å².